The Bertz CT molecular complexity index is 323. The molecule has 0 bridgehead atoms. The second-order valence-corrected chi connectivity index (χ2v) is 3.28. The van der Waals surface area contributed by atoms with Crippen molar-refractivity contribution in [3.05, 3.63) is 16.9 Å². The first-order chi connectivity index (χ1) is 6.65. The highest BCUT2D eigenvalue weighted by Crippen LogP contribution is 2.12. The second kappa shape index (κ2) is 4.97. The molecule has 1 aromatic rings. The molecular weight excluding hydrogens is 204 g/mol. The highest BCUT2D eigenvalue weighted by atomic mass is 35.5. The van der Waals surface area contributed by atoms with Crippen molar-refractivity contribution < 1.29 is 4.79 Å². The van der Waals surface area contributed by atoms with Crippen molar-refractivity contribution in [3.8, 4) is 0 Å². The number of carbonyl (C=O) groups excluding carboxylic acids is 1. The lowest BCUT2D eigenvalue weighted by Crippen LogP contribution is -2.32. The number of nitrogens with one attached hydrogen (secondary N) is 1. The molecule has 3 N–H and O–H groups in total. The van der Waals surface area contributed by atoms with Crippen LogP contribution in [-0.2, 0) is 11.3 Å². The molecule has 0 aliphatic carbocycles. The molecule has 0 unspecified atom stereocenters. The summed E-state index contributed by atoms with van der Waals surface area (Å²) < 4.78 is 1.55. The summed E-state index contributed by atoms with van der Waals surface area (Å²) in [6.07, 6.45) is 1.52. The molecule has 1 heterocycles. The van der Waals surface area contributed by atoms with Crippen LogP contribution in [0.2, 0.25) is 5.02 Å². The van der Waals surface area contributed by atoms with Crippen LogP contribution >= 0.6 is 11.6 Å². The number of nitrogens with zero attached hydrogens (tertiary/aromatic N) is 2. The Morgan fingerprint density at radius 2 is 2.50 bits per heavy atom. The number of hydrogen-bond acceptors (Lipinski definition) is 3. The van der Waals surface area contributed by atoms with E-state index in [1.165, 1.54) is 6.20 Å². The Morgan fingerprint density at radius 1 is 1.79 bits per heavy atom. The lowest BCUT2D eigenvalue weighted by Gasteiger charge is -2.05. The van der Waals surface area contributed by atoms with Crippen LogP contribution < -0.4 is 11.1 Å². The van der Waals surface area contributed by atoms with Gasteiger partial charge in [0.2, 0.25) is 5.91 Å². The molecule has 1 rings (SSSR count). The molecule has 0 saturated heterocycles. The number of hydrogen-bond donors (Lipinski definition) is 2. The van der Waals surface area contributed by atoms with Crippen LogP contribution in [0, 0.1) is 6.92 Å². The maximum Gasteiger partial charge on any atom is 0.241 e. The average molecular weight is 217 g/mol. The Morgan fingerprint density at radius 3 is 3.00 bits per heavy atom. The normalized spacial score (nSPS) is 10.2. The third kappa shape index (κ3) is 2.71. The standard InChI is InChI=1S/C8H13ClN4O/c1-6-7(9)4-12-13(6)5-8(14)11-3-2-10/h4H,2-3,5,10H2,1H3,(H,11,14). The lowest BCUT2D eigenvalue weighted by molar-refractivity contribution is -0.121. The fourth-order valence-corrected chi connectivity index (χ4v) is 1.13. The maximum absolute atomic E-state index is 11.3. The van der Waals surface area contributed by atoms with Gasteiger partial charge >= 0.3 is 0 Å². The predicted octanol–water partition coefficient (Wildman–Crippen LogP) is -0.0802. The van der Waals surface area contributed by atoms with Crippen LogP contribution in [-0.4, -0.2) is 28.8 Å². The zero-order valence-electron chi connectivity index (χ0n) is 7.96. The molecule has 1 aromatic heterocycles. The first kappa shape index (κ1) is 11.0. The topological polar surface area (TPSA) is 72.9 Å². The Labute approximate surface area is 87.2 Å². The van der Waals surface area contributed by atoms with Gasteiger partial charge in [-0.1, -0.05) is 11.6 Å². The zero-order chi connectivity index (χ0) is 10.6. The summed E-state index contributed by atoms with van der Waals surface area (Å²) in [7, 11) is 0. The minimum Gasteiger partial charge on any atom is -0.353 e. The van der Waals surface area contributed by atoms with Crippen LogP contribution in [0.25, 0.3) is 0 Å². The SMILES string of the molecule is Cc1c(Cl)cnn1CC(=O)NCCN. The van der Waals surface area contributed by atoms with Gasteiger partial charge in [0.25, 0.3) is 0 Å². The second-order valence-electron chi connectivity index (χ2n) is 2.87. The number of nitrogens with two attached hydrogens (primary N) is 1. The minimum absolute atomic E-state index is 0.113. The van der Waals surface area contributed by atoms with Crippen molar-refractivity contribution in [3.63, 3.8) is 0 Å². The van der Waals surface area contributed by atoms with Crippen molar-refractivity contribution in [2.24, 2.45) is 5.73 Å². The quantitative estimate of drug-likeness (QED) is 0.740. The van der Waals surface area contributed by atoms with Gasteiger partial charge in [-0.05, 0) is 6.92 Å². The van der Waals surface area contributed by atoms with Crippen LogP contribution in [0.4, 0.5) is 0 Å². The third-order valence-corrected chi connectivity index (χ3v) is 2.17. The first-order valence-electron chi connectivity index (χ1n) is 4.30. The van der Waals surface area contributed by atoms with Gasteiger partial charge in [-0.15, -0.1) is 0 Å². The number of aromatic nitrogens is 2. The van der Waals surface area contributed by atoms with Gasteiger partial charge in [-0.25, -0.2) is 0 Å². The van der Waals surface area contributed by atoms with Gasteiger partial charge in [0.1, 0.15) is 6.54 Å². The molecule has 0 atom stereocenters. The molecule has 1 amide bonds. The molecule has 14 heavy (non-hydrogen) atoms. The van der Waals surface area contributed by atoms with Crippen LogP contribution in [0.3, 0.4) is 0 Å². The largest absolute Gasteiger partial charge is 0.353 e. The van der Waals surface area contributed by atoms with E-state index in [-0.39, 0.29) is 12.5 Å². The summed E-state index contributed by atoms with van der Waals surface area (Å²) in [5.74, 6) is -0.113. The number of halogens is 1. The van der Waals surface area contributed by atoms with Crippen LogP contribution in [0.5, 0.6) is 0 Å². The number of carbonyl (C=O) groups is 1. The van der Waals surface area contributed by atoms with E-state index >= 15 is 0 Å². The van der Waals surface area contributed by atoms with Gasteiger partial charge < -0.3 is 11.1 Å². The van der Waals surface area contributed by atoms with Crippen molar-refractivity contribution in [2.45, 2.75) is 13.5 Å². The first-order valence-corrected chi connectivity index (χ1v) is 4.67. The highest BCUT2D eigenvalue weighted by molar-refractivity contribution is 6.31. The van der Waals surface area contributed by atoms with E-state index < -0.39 is 0 Å². The van der Waals surface area contributed by atoms with Crippen molar-refractivity contribution >= 4 is 17.5 Å². The zero-order valence-corrected chi connectivity index (χ0v) is 8.71. The van der Waals surface area contributed by atoms with E-state index in [0.717, 1.165) is 5.69 Å². The minimum atomic E-state index is -0.113. The van der Waals surface area contributed by atoms with E-state index in [2.05, 4.69) is 10.4 Å². The van der Waals surface area contributed by atoms with Gasteiger partial charge in [-0.2, -0.15) is 5.10 Å². The van der Waals surface area contributed by atoms with E-state index in [0.29, 0.717) is 18.1 Å². The monoisotopic (exact) mass is 216 g/mol. The Hall–Kier alpha value is -1.07. The smallest absolute Gasteiger partial charge is 0.241 e. The average Bonchev–Trinajstić information content (AvgIpc) is 2.46. The summed E-state index contributed by atoms with van der Waals surface area (Å²) in [5.41, 5.74) is 6.03. The predicted molar refractivity (Wildman–Crippen MR) is 54.0 cm³/mol. The third-order valence-electron chi connectivity index (χ3n) is 1.80. The molecule has 6 heteroatoms. The summed E-state index contributed by atoms with van der Waals surface area (Å²) in [6, 6.07) is 0. The van der Waals surface area contributed by atoms with Crippen LogP contribution in [0.1, 0.15) is 5.69 Å². The number of amides is 1. The molecule has 0 spiro atoms. The maximum atomic E-state index is 11.3. The van der Waals surface area contributed by atoms with Crippen molar-refractivity contribution in [1.82, 2.24) is 15.1 Å². The van der Waals surface area contributed by atoms with E-state index in [4.69, 9.17) is 17.3 Å². The van der Waals surface area contributed by atoms with Crippen LogP contribution in [0.15, 0.2) is 6.20 Å². The van der Waals surface area contributed by atoms with Gasteiger partial charge in [0.15, 0.2) is 0 Å². The molecule has 0 saturated carbocycles. The molecule has 5 nitrogen and oxygen atoms in total. The Kier molecular flexibility index (Phi) is 3.91. The fraction of sp³-hybridized carbons (Fsp3) is 0.500. The molecular formula is C8H13ClN4O. The van der Waals surface area contributed by atoms with E-state index in [1.54, 1.807) is 4.68 Å². The van der Waals surface area contributed by atoms with Gasteiger partial charge in [-0.3, -0.25) is 9.48 Å². The Balaban J connectivity index is 2.52. The molecule has 0 fully saturated rings. The summed E-state index contributed by atoms with van der Waals surface area (Å²) in [4.78, 5) is 11.3. The lowest BCUT2D eigenvalue weighted by atomic mass is 10.4. The highest BCUT2D eigenvalue weighted by Gasteiger charge is 2.07. The molecule has 0 radical (unpaired) electrons. The summed E-state index contributed by atoms with van der Waals surface area (Å²) >= 11 is 5.78. The fourth-order valence-electron chi connectivity index (χ4n) is 0.987. The molecule has 0 aliphatic rings. The molecule has 0 aliphatic heterocycles. The van der Waals surface area contributed by atoms with Gasteiger partial charge in [0, 0.05) is 13.1 Å². The summed E-state index contributed by atoms with van der Waals surface area (Å²) in [6.45, 7) is 2.90. The number of rotatable bonds is 4. The van der Waals surface area contributed by atoms with Crippen molar-refractivity contribution in [1.29, 1.82) is 0 Å². The van der Waals surface area contributed by atoms with Crippen molar-refractivity contribution in [2.75, 3.05) is 13.1 Å². The van der Waals surface area contributed by atoms with Gasteiger partial charge in [0.05, 0.1) is 16.9 Å². The molecule has 0 aromatic carbocycles. The summed E-state index contributed by atoms with van der Waals surface area (Å²) in [5, 5.41) is 7.17. The molecule has 78 valence electrons. The van der Waals surface area contributed by atoms with E-state index in [1.807, 2.05) is 6.92 Å². The van der Waals surface area contributed by atoms with E-state index in [9.17, 15) is 4.79 Å².